The van der Waals surface area contributed by atoms with E-state index in [1.165, 1.54) is 7.11 Å². The molecule has 0 aliphatic carbocycles. The summed E-state index contributed by atoms with van der Waals surface area (Å²) in [7, 11) is 3.40. The van der Waals surface area contributed by atoms with E-state index in [1.807, 2.05) is 7.05 Å². The molecule has 0 aromatic heterocycles. The summed E-state index contributed by atoms with van der Waals surface area (Å²) < 4.78 is 5.20. The molecule has 0 radical (unpaired) electrons. The van der Waals surface area contributed by atoms with Gasteiger partial charge < -0.3 is 4.74 Å². The monoisotopic (exact) mass is 172 g/mol. The molecule has 0 aromatic rings. The van der Waals surface area contributed by atoms with Gasteiger partial charge in [0.2, 0.25) is 0 Å². The molecule has 0 bridgehead atoms. The molecular formula is C9H18NO2+. The molecule has 1 aliphatic rings. The third kappa shape index (κ3) is 1.61. The lowest BCUT2D eigenvalue weighted by atomic mass is 9.93. The molecule has 1 aliphatic heterocycles. The van der Waals surface area contributed by atoms with Gasteiger partial charge in [-0.1, -0.05) is 13.8 Å². The predicted molar refractivity (Wildman–Crippen MR) is 46.7 cm³/mol. The molecule has 70 valence electrons. The maximum Gasteiger partial charge on any atom is 0.515 e. The third-order valence-electron chi connectivity index (χ3n) is 2.67. The molecular weight excluding hydrogens is 154 g/mol. The van der Waals surface area contributed by atoms with E-state index in [9.17, 15) is 4.79 Å². The van der Waals surface area contributed by atoms with Crippen LogP contribution in [0.2, 0.25) is 0 Å². The van der Waals surface area contributed by atoms with Gasteiger partial charge in [0.15, 0.2) is 0 Å². The molecule has 1 unspecified atom stereocenters. The Kier molecular flexibility index (Phi) is 2.17. The number of carbonyl (C=O) groups excluding carboxylic acids is 1. The minimum atomic E-state index is -0.111. The van der Waals surface area contributed by atoms with Gasteiger partial charge in [0.05, 0.1) is 27.2 Å². The van der Waals surface area contributed by atoms with Crippen molar-refractivity contribution in [2.45, 2.75) is 20.3 Å². The highest BCUT2D eigenvalue weighted by Crippen LogP contribution is 2.33. The van der Waals surface area contributed by atoms with E-state index in [0.717, 1.165) is 19.5 Å². The number of nitrogens with zero attached hydrogens (tertiary/aromatic N) is 1. The Hall–Kier alpha value is -0.570. The number of amides is 1. The Balaban J connectivity index is 2.71. The molecule has 1 fully saturated rings. The Morgan fingerprint density at radius 2 is 2.08 bits per heavy atom. The van der Waals surface area contributed by atoms with Gasteiger partial charge in [-0.2, -0.15) is 4.79 Å². The van der Waals surface area contributed by atoms with E-state index in [-0.39, 0.29) is 11.5 Å². The Labute approximate surface area is 73.9 Å². The van der Waals surface area contributed by atoms with Crippen molar-refractivity contribution in [3.8, 4) is 0 Å². The summed E-state index contributed by atoms with van der Waals surface area (Å²) in [6.45, 7) is 6.18. The SMILES string of the molecule is COC(=O)[N+]1(C)CCC(C)(C)C1. The summed E-state index contributed by atoms with van der Waals surface area (Å²) >= 11 is 0. The molecule has 3 nitrogen and oxygen atoms in total. The van der Waals surface area contributed by atoms with Crippen molar-refractivity contribution in [2.24, 2.45) is 5.41 Å². The first-order valence-electron chi connectivity index (χ1n) is 4.33. The van der Waals surface area contributed by atoms with Gasteiger partial charge >= 0.3 is 6.09 Å². The maximum absolute atomic E-state index is 11.4. The topological polar surface area (TPSA) is 26.3 Å². The number of quaternary nitrogens is 1. The number of rotatable bonds is 0. The summed E-state index contributed by atoms with van der Waals surface area (Å²) in [6.07, 6.45) is 0.985. The van der Waals surface area contributed by atoms with Gasteiger partial charge in [0.25, 0.3) is 0 Å². The quantitative estimate of drug-likeness (QED) is 0.519. The molecule has 3 heteroatoms. The molecule has 1 heterocycles. The highest BCUT2D eigenvalue weighted by molar-refractivity contribution is 5.59. The van der Waals surface area contributed by atoms with Crippen molar-refractivity contribution >= 4 is 6.09 Å². The minimum Gasteiger partial charge on any atom is -0.423 e. The van der Waals surface area contributed by atoms with Crippen LogP contribution in [0.4, 0.5) is 4.79 Å². The predicted octanol–water partition coefficient (Wildman–Crippen LogP) is 1.63. The summed E-state index contributed by atoms with van der Waals surface area (Å²) in [5, 5.41) is 0. The fourth-order valence-corrected chi connectivity index (χ4v) is 2.03. The fraction of sp³-hybridized carbons (Fsp3) is 0.889. The Morgan fingerprint density at radius 1 is 1.50 bits per heavy atom. The van der Waals surface area contributed by atoms with Crippen LogP contribution >= 0.6 is 0 Å². The number of hydrogen-bond acceptors (Lipinski definition) is 2. The van der Waals surface area contributed by atoms with E-state index in [1.54, 1.807) is 0 Å². The molecule has 0 N–H and O–H groups in total. The maximum atomic E-state index is 11.4. The zero-order valence-electron chi connectivity index (χ0n) is 8.39. The van der Waals surface area contributed by atoms with Crippen molar-refractivity contribution in [1.82, 2.24) is 0 Å². The van der Waals surface area contributed by atoms with E-state index in [4.69, 9.17) is 4.74 Å². The summed E-state index contributed by atoms with van der Waals surface area (Å²) in [6, 6.07) is 0. The van der Waals surface area contributed by atoms with Crippen molar-refractivity contribution in [3.05, 3.63) is 0 Å². The average molecular weight is 172 g/mol. The van der Waals surface area contributed by atoms with Crippen LogP contribution in [0.15, 0.2) is 0 Å². The molecule has 1 amide bonds. The highest BCUT2D eigenvalue weighted by atomic mass is 16.5. The Morgan fingerprint density at radius 3 is 2.42 bits per heavy atom. The van der Waals surface area contributed by atoms with Crippen LogP contribution in [0.3, 0.4) is 0 Å². The van der Waals surface area contributed by atoms with Crippen LogP contribution in [-0.4, -0.2) is 37.8 Å². The number of ether oxygens (including phenoxy) is 1. The lowest BCUT2D eigenvalue weighted by Gasteiger charge is -2.25. The van der Waals surface area contributed by atoms with Crippen LogP contribution in [0, 0.1) is 5.41 Å². The van der Waals surface area contributed by atoms with Gasteiger partial charge in [-0.15, -0.1) is 0 Å². The second kappa shape index (κ2) is 2.73. The van der Waals surface area contributed by atoms with E-state index in [2.05, 4.69) is 13.8 Å². The lowest BCUT2D eigenvalue weighted by molar-refractivity contribution is -0.827. The zero-order valence-corrected chi connectivity index (χ0v) is 8.39. The summed E-state index contributed by atoms with van der Waals surface area (Å²) in [5.74, 6) is 0. The fourth-order valence-electron chi connectivity index (χ4n) is 2.03. The van der Waals surface area contributed by atoms with Gasteiger partial charge in [-0.25, -0.2) is 4.48 Å². The van der Waals surface area contributed by atoms with Crippen LogP contribution in [0.1, 0.15) is 20.3 Å². The molecule has 12 heavy (non-hydrogen) atoms. The zero-order chi connectivity index (χ0) is 9.41. The second-order valence-electron chi connectivity index (χ2n) is 4.66. The molecule has 0 spiro atoms. The lowest BCUT2D eigenvalue weighted by Crippen LogP contribution is -2.47. The molecule has 1 rings (SSSR count). The van der Waals surface area contributed by atoms with Crippen molar-refractivity contribution in [3.63, 3.8) is 0 Å². The van der Waals surface area contributed by atoms with E-state index < -0.39 is 0 Å². The van der Waals surface area contributed by atoms with Crippen LogP contribution in [0.5, 0.6) is 0 Å². The van der Waals surface area contributed by atoms with Gasteiger partial charge in [0.1, 0.15) is 0 Å². The summed E-state index contributed by atoms with van der Waals surface area (Å²) in [5.41, 5.74) is 0.281. The average Bonchev–Trinajstić information content (AvgIpc) is 2.25. The number of methoxy groups -OCH3 is 1. The molecule has 0 saturated carbocycles. The van der Waals surface area contributed by atoms with Crippen LogP contribution in [0.25, 0.3) is 0 Å². The number of likely N-dealkylation sites (tertiary alicyclic amines) is 1. The minimum absolute atomic E-state index is 0.111. The first-order chi connectivity index (χ1) is 5.40. The third-order valence-corrected chi connectivity index (χ3v) is 2.67. The van der Waals surface area contributed by atoms with Crippen LogP contribution in [-0.2, 0) is 4.74 Å². The molecule has 0 aromatic carbocycles. The van der Waals surface area contributed by atoms with E-state index in [0.29, 0.717) is 4.48 Å². The van der Waals surface area contributed by atoms with Gasteiger partial charge in [0, 0.05) is 11.8 Å². The molecule has 1 atom stereocenters. The highest BCUT2D eigenvalue weighted by Gasteiger charge is 2.46. The van der Waals surface area contributed by atoms with Gasteiger partial charge in [-0.05, 0) is 0 Å². The van der Waals surface area contributed by atoms with Crippen molar-refractivity contribution in [2.75, 3.05) is 27.2 Å². The number of carbonyl (C=O) groups is 1. The van der Waals surface area contributed by atoms with Crippen LogP contribution < -0.4 is 0 Å². The Bertz CT molecular complexity index is 201. The standard InChI is InChI=1S/C9H18NO2/c1-9(2)5-6-10(3,7-9)8(11)12-4/h5-7H2,1-4H3/q+1. The summed E-state index contributed by atoms with van der Waals surface area (Å²) in [4.78, 5) is 11.4. The van der Waals surface area contributed by atoms with Gasteiger partial charge in [-0.3, -0.25) is 0 Å². The number of hydrogen-bond donors (Lipinski definition) is 0. The largest absolute Gasteiger partial charge is 0.515 e. The van der Waals surface area contributed by atoms with Crippen molar-refractivity contribution in [1.29, 1.82) is 0 Å². The molecule has 1 saturated heterocycles. The second-order valence-corrected chi connectivity index (χ2v) is 4.66. The first kappa shape index (κ1) is 9.52. The first-order valence-corrected chi connectivity index (χ1v) is 4.33. The van der Waals surface area contributed by atoms with E-state index >= 15 is 0 Å². The van der Waals surface area contributed by atoms with Crippen molar-refractivity contribution < 1.29 is 14.0 Å². The smallest absolute Gasteiger partial charge is 0.423 e. The normalized spacial score (nSPS) is 33.3.